The maximum absolute atomic E-state index is 8.84. The van der Waals surface area contributed by atoms with E-state index in [9.17, 15) is 0 Å². The number of benzene rings is 1. The summed E-state index contributed by atoms with van der Waals surface area (Å²) in [6, 6.07) is 5.14. The molecule has 0 aliphatic carbocycles. The Morgan fingerprint density at radius 3 is 2.46 bits per heavy atom. The Morgan fingerprint density at radius 1 is 1.38 bits per heavy atom. The predicted molar refractivity (Wildman–Crippen MR) is 49.0 cm³/mol. The third kappa shape index (κ3) is 3.35. The van der Waals surface area contributed by atoms with E-state index in [1.807, 2.05) is 13.0 Å². The predicted octanol–water partition coefficient (Wildman–Crippen LogP) is 0.00961. The largest absolute Gasteiger partial charge is 0.475 e. The van der Waals surface area contributed by atoms with E-state index in [-0.39, 0.29) is 32.7 Å². The molecule has 0 amide bonds. The molecule has 0 aromatic heterocycles. The number of rotatable bonds is 2. The second kappa shape index (κ2) is 5.71. The fourth-order valence-electron chi connectivity index (χ4n) is 0.991. The van der Waals surface area contributed by atoms with Crippen molar-refractivity contribution in [1.29, 1.82) is 0 Å². The molecule has 1 rings (SSSR count). The van der Waals surface area contributed by atoms with Crippen molar-refractivity contribution in [3.8, 4) is 0 Å². The molecule has 0 saturated heterocycles. The molecule has 0 fully saturated rings. The Kier molecular flexibility index (Phi) is 5.73. The van der Waals surface area contributed by atoms with Crippen molar-refractivity contribution in [3.63, 3.8) is 0 Å². The van der Waals surface area contributed by atoms with Crippen LogP contribution in [0.3, 0.4) is 0 Å². The first-order chi connectivity index (χ1) is 5.65. The molecular formula is C9H10BO2Y-. The molecule has 0 aliphatic rings. The standard InChI is InChI=1S/C9H10BO2.Y/c1-3-8-6-9(10(11)12)5-4-7(8)2;/h4-6,11-12H,1H2,2H3;/q-1;. The first-order valence-corrected chi connectivity index (χ1v) is 3.65. The third-order valence-electron chi connectivity index (χ3n) is 1.75. The Hall–Kier alpha value is 0.0488. The smallest absolute Gasteiger partial charge is 0.424 e. The van der Waals surface area contributed by atoms with E-state index in [0.717, 1.165) is 11.1 Å². The van der Waals surface area contributed by atoms with E-state index in [2.05, 4.69) is 12.7 Å². The molecular weight excluding hydrogens is 240 g/mol. The summed E-state index contributed by atoms with van der Waals surface area (Å²) in [5.41, 5.74) is 2.29. The zero-order chi connectivity index (χ0) is 9.14. The van der Waals surface area contributed by atoms with Crippen LogP contribution in [0.15, 0.2) is 24.8 Å². The summed E-state index contributed by atoms with van der Waals surface area (Å²) in [5, 5.41) is 17.7. The SMILES string of the molecule is C=[C-]c1cc(B(O)O)ccc1C.[Y]. The molecule has 2 N–H and O–H groups in total. The van der Waals surface area contributed by atoms with Crippen LogP contribution >= 0.6 is 0 Å². The van der Waals surface area contributed by atoms with Gasteiger partial charge in [-0.1, -0.05) is 18.5 Å². The minimum atomic E-state index is -1.42. The van der Waals surface area contributed by atoms with Gasteiger partial charge in [0.15, 0.2) is 0 Å². The fourth-order valence-corrected chi connectivity index (χ4v) is 0.991. The summed E-state index contributed by atoms with van der Waals surface area (Å²) in [7, 11) is -1.42. The normalized spacial score (nSPS) is 8.85. The van der Waals surface area contributed by atoms with Crippen molar-refractivity contribution in [2.75, 3.05) is 0 Å². The molecule has 1 radical (unpaired) electrons. The van der Waals surface area contributed by atoms with E-state index < -0.39 is 7.12 Å². The fraction of sp³-hybridized carbons (Fsp3) is 0.111. The zero-order valence-electron chi connectivity index (χ0n) is 7.49. The maximum Gasteiger partial charge on any atom is 0.475 e. The van der Waals surface area contributed by atoms with Crippen molar-refractivity contribution in [2.24, 2.45) is 0 Å². The molecule has 2 nitrogen and oxygen atoms in total. The van der Waals surface area contributed by atoms with Gasteiger partial charge >= 0.3 is 7.12 Å². The third-order valence-corrected chi connectivity index (χ3v) is 1.75. The van der Waals surface area contributed by atoms with Crippen LogP contribution in [0.25, 0.3) is 0 Å². The van der Waals surface area contributed by atoms with Gasteiger partial charge in [0.05, 0.1) is 0 Å². The van der Waals surface area contributed by atoms with Gasteiger partial charge in [-0.25, -0.2) is 0 Å². The molecule has 1 aromatic carbocycles. The molecule has 1 aromatic rings. The average Bonchev–Trinajstić information content (AvgIpc) is 2.05. The molecule has 0 heterocycles. The minimum absolute atomic E-state index is 0. The molecule has 0 aliphatic heterocycles. The molecule has 4 heteroatoms. The Morgan fingerprint density at radius 2 is 2.00 bits per heavy atom. The zero-order valence-corrected chi connectivity index (χ0v) is 10.3. The average molecular weight is 250 g/mol. The molecule has 65 valence electrons. The molecule has 0 bridgehead atoms. The summed E-state index contributed by atoms with van der Waals surface area (Å²) in [5.74, 6) is 0. The van der Waals surface area contributed by atoms with Gasteiger partial charge in [0.1, 0.15) is 0 Å². The quantitative estimate of drug-likeness (QED) is 0.573. The van der Waals surface area contributed by atoms with Crippen LogP contribution in [0.5, 0.6) is 0 Å². The van der Waals surface area contributed by atoms with Gasteiger partial charge in [-0.3, -0.25) is 0 Å². The first-order valence-electron chi connectivity index (χ1n) is 3.65. The Balaban J connectivity index is 0.00000144. The van der Waals surface area contributed by atoms with Crippen LogP contribution in [0.2, 0.25) is 0 Å². The van der Waals surface area contributed by atoms with E-state index in [0.29, 0.717) is 5.46 Å². The summed E-state index contributed by atoms with van der Waals surface area (Å²) in [4.78, 5) is 0. The number of hydrogen-bond acceptors (Lipinski definition) is 2. The van der Waals surface area contributed by atoms with Crippen LogP contribution in [0.4, 0.5) is 0 Å². The Labute approximate surface area is 104 Å². The van der Waals surface area contributed by atoms with Crippen LogP contribution in [-0.2, 0) is 32.7 Å². The van der Waals surface area contributed by atoms with Crippen LogP contribution < -0.4 is 5.46 Å². The van der Waals surface area contributed by atoms with Gasteiger partial charge in [-0.2, -0.15) is 29.8 Å². The van der Waals surface area contributed by atoms with Crippen molar-refractivity contribution in [3.05, 3.63) is 42.0 Å². The van der Waals surface area contributed by atoms with Crippen molar-refractivity contribution < 1.29 is 42.8 Å². The number of aryl methyl sites for hydroxylation is 1. The maximum atomic E-state index is 8.84. The molecule has 0 atom stereocenters. The molecule has 0 spiro atoms. The summed E-state index contributed by atoms with van der Waals surface area (Å²) in [6.07, 6.45) is 2.72. The monoisotopic (exact) mass is 250 g/mol. The second-order valence-corrected chi connectivity index (χ2v) is 2.62. The summed E-state index contributed by atoms with van der Waals surface area (Å²) < 4.78 is 0. The van der Waals surface area contributed by atoms with Crippen LogP contribution in [0, 0.1) is 13.0 Å². The molecule has 0 saturated carbocycles. The number of hydrogen-bond donors (Lipinski definition) is 2. The first kappa shape index (κ1) is 13.0. The van der Waals surface area contributed by atoms with Gasteiger partial charge in [-0.15, -0.1) is 6.07 Å². The van der Waals surface area contributed by atoms with Gasteiger partial charge in [-0.05, 0) is 0 Å². The van der Waals surface area contributed by atoms with Crippen molar-refractivity contribution in [1.82, 2.24) is 0 Å². The van der Waals surface area contributed by atoms with E-state index in [1.165, 1.54) is 0 Å². The van der Waals surface area contributed by atoms with E-state index >= 15 is 0 Å². The minimum Gasteiger partial charge on any atom is -0.424 e. The van der Waals surface area contributed by atoms with E-state index in [1.54, 1.807) is 12.1 Å². The Bertz CT molecular complexity index is 300. The van der Waals surface area contributed by atoms with Crippen molar-refractivity contribution in [2.45, 2.75) is 6.92 Å². The topological polar surface area (TPSA) is 40.5 Å². The van der Waals surface area contributed by atoms with Gasteiger partial charge < -0.3 is 10.0 Å². The van der Waals surface area contributed by atoms with Gasteiger partial charge in [0.25, 0.3) is 0 Å². The van der Waals surface area contributed by atoms with Gasteiger partial charge in [0, 0.05) is 32.7 Å². The molecule has 13 heavy (non-hydrogen) atoms. The van der Waals surface area contributed by atoms with Gasteiger partial charge in [0.2, 0.25) is 0 Å². The van der Waals surface area contributed by atoms with Crippen molar-refractivity contribution >= 4 is 12.6 Å². The van der Waals surface area contributed by atoms with E-state index in [4.69, 9.17) is 10.0 Å². The second-order valence-electron chi connectivity index (χ2n) is 2.62. The summed E-state index contributed by atoms with van der Waals surface area (Å²) >= 11 is 0. The summed E-state index contributed by atoms with van der Waals surface area (Å²) in [6.45, 7) is 5.42. The molecule has 0 unspecified atom stereocenters. The van der Waals surface area contributed by atoms with Crippen LogP contribution in [-0.4, -0.2) is 17.2 Å². The van der Waals surface area contributed by atoms with Crippen LogP contribution in [0.1, 0.15) is 11.1 Å².